The predicted octanol–water partition coefficient (Wildman–Crippen LogP) is 3.48. The van der Waals surface area contributed by atoms with Crippen molar-refractivity contribution in [2.24, 2.45) is 0 Å². The number of nitrogens with one attached hydrogen (secondary N) is 2. The number of fused-ring (bicyclic) bond motifs is 1. The van der Waals surface area contributed by atoms with E-state index < -0.39 is 30.9 Å². The van der Waals surface area contributed by atoms with E-state index in [2.05, 4.69) is 10.6 Å². The SMILES string of the molecule is COc1ccc(NC(=O)COC(=O)CNC(=O)c2sc3ccccc3c2Cl)cc1OC. The van der Waals surface area contributed by atoms with Crippen LogP contribution in [0.25, 0.3) is 10.1 Å². The molecule has 1 heterocycles. The summed E-state index contributed by atoms with van der Waals surface area (Å²) in [5, 5.41) is 6.14. The van der Waals surface area contributed by atoms with Gasteiger partial charge >= 0.3 is 5.97 Å². The first kappa shape index (κ1) is 22.4. The molecule has 10 heteroatoms. The van der Waals surface area contributed by atoms with Crippen LogP contribution < -0.4 is 20.1 Å². The Morgan fingerprint density at radius 2 is 1.77 bits per heavy atom. The van der Waals surface area contributed by atoms with E-state index in [1.54, 1.807) is 18.2 Å². The van der Waals surface area contributed by atoms with Crippen molar-refractivity contribution in [3.05, 3.63) is 52.4 Å². The van der Waals surface area contributed by atoms with E-state index in [9.17, 15) is 14.4 Å². The molecular weight excluding hydrogens is 444 g/mol. The fourth-order valence-electron chi connectivity index (χ4n) is 2.70. The number of ether oxygens (including phenoxy) is 3. The fourth-order valence-corrected chi connectivity index (χ4v) is 4.13. The van der Waals surface area contributed by atoms with Crippen molar-refractivity contribution >= 4 is 56.5 Å². The van der Waals surface area contributed by atoms with Gasteiger partial charge in [-0.3, -0.25) is 14.4 Å². The zero-order valence-corrected chi connectivity index (χ0v) is 18.3. The number of methoxy groups -OCH3 is 2. The van der Waals surface area contributed by atoms with Gasteiger partial charge in [0.1, 0.15) is 11.4 Å². The van der Waals surface area contributed by atoms with Crippen molar-refractivity contribution < 1.29 is 28.6 Å². The summed E-state index contributed by atoms with van der Waals surface area (Å²) >= 11 is 7.48. The van der Waals surface area contributed by atoms with E-state index in [0.717, 1.165) is 10.1 Å². The summed E-state index contributed by atoms with van der Waals surface area (Å²) in [5.41, 5.74) is 0.450. The van der Waals surface area contributed by atoms with Gasteiger partial charge in [0.15, 0.2) is 18.1 Å². The maximum atomic E-state index is 12.3. The Bertz CT molecular complexity index is 1130. The smallest absolute Gasteiger partial charge is 0.325 e. The van der Waals surface area contributed by atoms with Crippen LogP contribution in [0.3, 0.4) is 0 Å². The van der Waals surface area contributed by atoms with Gasteiger partial charge in [-0.15, -0.1) is 11.3 Å². The molecule has 0 radical (unpaired) electrons. The highest BCUT2D eigenvalue weighted by Gasteiger charge is 2.18. The van der Waals surface area contributed by atoms with Crippen LogP contribution in [0.1, 0.15) is 9.67 Å². The number of rotatable bonds is 8. The summed E-state index contributed by atoms with van der Waals surface area (Å²) in [7, 11) is 2.98. The lowest BCUT2D eigenvalue weighted by molar-refractivity contribution is -0.146. The average molecular weight is 463 g/mol. The molecule has 0 aliphatic carbocycles. The number of thiophene rings is 1. The zero-order chi connectivity index (χ0) is 22.4. The first-order valence-electron chi connectivity index (χ1n) is 9.05. The van der Waals surface area contributed by atoms with Gasteiger partial charge in [0.05, 0.1) is 19.2 Å². The van der Waals surface area contributed by atoms with Gasteiger partial charge in [-0.1, -0.05) is 29.8 Å². The van der Waals surface area contributed by atoms with Gasteiger partial charge in [-0.25, -0.2) is 0 Å². The number of carbonyl (C=O) groups is 3. The Morgan fingerprint density at radius 3 is 2.48 bits per heavy atom. The Hall–Kier alpha value is -3.30. The molecule has 0 aliphatic heterocycles. The molecule has 2 N–H and O–H groups in total. The average Bonchev–Trinajstić information content (AvgIpc) is 3.12. The highest BCUT2D eigenvalue weighted by atomic mass is 35.5. The van der Waals surface area contributed by atoms with Crippen LogP contribution in [0, 0.1) is 0 Å². The number of hydrogen-bond donors (Lipinski definition) is 2. The Balaban J connectivity index is 1.48. The Kier molecular flexibility index (Phi) is 7.32. The summed E-state index contributed by atoms with van der Waals surface area (Å²) < 4.78 is 16.1. The van der Waals surface area contributed by atoms with Gasteiger partial charge in [-0.2, -0.15) is 0 Å². The van der Waals surface area contributed by atoms with E-state index in [4.69, 9.17) is 25.8 Å². The topological polar surface area (TPSA) is 103 Å². The molecule has 0 saturated carbocycles. The molecule has 0 fully saturated rings. The molecule has 162 valence electrons. The van der Waals surface area contributed by atoms with E-state index >= 15 is 0 Å². The largest absolute Gasteiger partial charge is 0.493 e. The minimum atomic E-state index is -0.756. The fraction of sp³-hybridized carbons (Fsp3) is 0.190. The third-order valence-electron chi connectivity index (χ3n) is 4.17. The standard InChI is InChI=1S/C21H19ClN2O6S/c1-28-14-8-7-12(9-15(14)29-2)24-17(25)11-30-18(26)10-23-21(27)20-19(22)13-5-3-4-6-16(13)31-20/h3-9H,10-11H2,1-2H3,(H,23,27)(H,24,25). The van der Waals surface area contributed by atoms with Gasteiger partial charge < -0.3 is 24.8 Å². The zero-order valence-electron chi connectivity index (χ0n) is 16.7. The van der Waals surface area contributed by atoms with Crippen LogP contribution in [0.2, 0.25) is 5.02 Å². The van der Waals surface area contributed by atoms with E-state index in [1.807, 2.05) is 24.3 Å². The molecule has 0 spiro atoms. The van der Waals surface area contributed by atoms with E-state index in [-0.39, 0.29) is 0 Å². The van der Waals surface area contributed by atoms with Crippen LogP contribution in [0.5, 0.6) is 11.5 Å². The van der Waals surface area contributed by atoms with Gasteiger partial charge in [0, 0.05) is 21.8 Å². The summed E-state index contributed by atoms with van der Waals surface area (Å²) in [6.07, 6.45) is 0. The number of halogens is 1. The second-order valence-corrected chi connectivity index (χ2v) is 7.63. The lowest BCUT2D eigenvalue weighted by atomic mass is 10.2. The molecule has 3 aromatic rings. The van der Waals surface area contributed by atoms with Crippen molar-refractivity contribution in [3.8, 4) is 11.5 Å². The van der Waals surface area contributed by atoms with Crippen LogP contribution in [-0.2, 0) is 14.3 Å². The van der Waals surface area contributed by atoms with Gasteiger partial charge in [0.2, 0.25) is 0 Å². The van der Waals surface area contributed by atoms with Crippen LogP contribution in [-0.4, -0.2) is 45.2 Å². The molecule has 0 aliphatic rings. The summed E-state index contributed by atoms with van der Waals surface area (Å²) in [6.45, 7) is -0.903. The van der Waals surface area contributed by atoms with Gasteiger partial charge in [0.25, 0.3) is 11.8 Å². The second kappa shape index (κ2) is 10.1. The highest BCUT2D eigenvalue weighted by Crippen LogP contribution is 2.35. The number of esters is 1. The first-order valence-corrected chi connectivity index (χ1v) is 10.2. The number of benzene rings is 2. The minimum Gasteiger partial charge on any atom is -0.493 e. The van der Waals surface area contributed by atoms with Crippen molar-refractivity contribution in [2.75, 3.05) is 32.7 Å². The predicted molar refractivity (Wildman–Crippen MR) is 118 cm³/mol. The second-order valence-electron chi connectivity index (χ2n) is 6.20. The highest BCUT2D eigenvalue weighted by molar-refractivity contribution is 7.21. The van der Waals surface area contributed by atoms with Crippen molar-refractivity contribution in [1.29, 1.82) is 0 Å². The van der Waals surface area contributed by atoms with Gasteiger partial charge in [-0.05, 0) is 18.2 Å². The maximum absolute atomic E-state index is 12.3. The van der Waals surface area contributed by atoms with Crippen LogP contribution >= 0.6 is 22.9 Å². The molecule has 3 rings (SSSR count). The molecule has 1 aromatic heterocycles. The molecule has 0 bridgehead atoms. The van der Waals surface area contributed by atoms with E-state index in [0.29, 0.717) is 27.1 Å². The maximum Gasteiger partial charge on any atom is 0.325 e. The molecule has 0 saturated heterocycles. The first-order chi connectivity index (χ1) is 14.9. The molecule has 2 aromatic carbocycles. The van der Waals surface area contributed by atoms with Crippen molar-refractivity contribution in [1.82, 2.24) is 5.32 Å². The summed E-state index contributed by atoms with van der Waals surface area (Å²) in [5.74, 6) is -0.827. The molecule has 2 amide bonds. The summed E-state index contributed by atoms with van der Waals surface area (Å²) in [6, 6.07) is 12.2. The third kappa shape index (κ3) is 5.44. The molecular formula is C21H19ClN2O6S. The van der Waals surface area contributed by atoms with E-state index in [1.165, 1.54) is 25.6 Å². The third-order valence-corrected chi connectivity index (χ3v) is 5.84. The molecule has 0 atom stereocenters. The summed E-state index contributed by atoms with van der Waals surface area (Å²) in [4.78, 5) is 36.5. The number of hydrogen-bond acceptors (Lipinski definition) is 7. The van der Waals surface area contributed by atoms with Crippen molar-refractivity contribution in [3.63, 3.8) is 0 Å². The monoisotopic (exact) mass is 462 g/mol. The molecule has 0 unspecified atom stereocenters. The lowest BCUT2D eigenvalue weighted by Crippen LogP contribution is -2.32. The number of carbonyl (C=O) groups excluding carboxylic acids is 3. The Labute approximate surface area is 187 Å². The molecule has 31 heavy (non-hydrogen) atoms. The Morgan fingerprint density at radius 1 is 1.03 bits per heavy atom. The lowest BCUT2D eigenvalue weighted by Gasteiger charge is -2.11. The molecule has 8 nitrogen and oxygen atoms in total. The van der Waals surface area contributed by atoms with Crippen LogP contribution in [0.15, 0.2) is 42.5 Å². The van der Waals surface area contributed by atoms with Crippen LogP contribution in [0.4, 0.5) is 5.69 Å². The van der Waals surface area contributed by atoms with Crippen molar-refractivity contribution in [2.45, 2.75) is 0 Å². The quantitative estimate of drug-likeness (QED) is 0.497. The number of anilines is 1. The minimum absolute atomic E-state index is 0.307. The normalized spacial score (nSPS) is 10.4. The number of amides is 2.